The SMILES string of the molecule is Cc1ccccc1C(=O)C1C(=O)OC(C)(C)OC1=O. The molecular weight excluding hydrogens is 248 g/mol. The van der Waals surface area contributed by atoms with E-state index in [9.17, 15) is 14.4 Å². The number of rotatable bonds is 2. The van der Waals surface area contributed by atoms with Crippen molar-refractivity contribution in [1.82, 2.24) is 0 Å². The van der Waals surface area contributed by atoms with Crippen LogP contribution in [0.2, 0.25) is 0 Å². The molecular formula is C14H14O5. The molecule has 19 heavy (non-hydrogen) atoms. The van der Waals surface area contributed by atoms with Crippen molar-refractivity contribution in [1.29, 1.82) is 0 Å². The van der Waals surface area contributed by atoms with Crippen LogP contribution in [0.5, 0.6) is 0 Å². The Bertz CT molecular complexity index is 539. The molecule has 0 spiro atoms. The minimum absolute atomic E-state index is 0.320. The van der Waals surface area contributed by atoms with E-state index in [-0.39, 0.29) is 0 Å². The Labute approximate surface area is 110 Å². The largest absolute Gasteiger partial charge is 0.422 e. The molecule has 1 aliphatic heterocycles. The summed E-state index contributed by atoms with van der Waals surface area (Å²) < 4.78 is 9.87. The lowest BCUT2D eigenvalue weighted by atomic mass is 9.94. The molecule has 0 radical (unpaired) electrons. The van der Waals surface area contributed by atoms with Crippen molar-refractivity contribution in [2.24, 2.45) is 5.92 Å². The Balaban J connectivity index is 2.33. The van der Waals surface area contributed by atoms with Crippen LogP contribution in [0.1, 0.15) is 29.8 Å². The van der Waals surface area contributed by atoms with Crippen LogP contribution in [0, 0.1) is 12.8 Å². The minimum Gasteiger partial charge on any atom is -0.422 e. The van der Waals surface area contributed by atoms with E-state index in [1.54, 1.807) is 31.2 Å². The normalized spacial score (nSPS) is 18.7. The second-order valence-electron chi connectivity index (χ2n) is 4.85. The molecule has 5 nitrogen and oxygen atoms in total. The molecule has 2 rings (SSSR count). The number of hydrogen-bond acceptors (Lipinski definition) is 5. The second-order valence-corrected chi connectivity index (χ2v) is 4.85. The van der Waals surface area contributed by atoms with Crippen molar-refractivity contribution in [3.63, 3.8) is 0 Å². The molecule has 0 unspecified atom stereocenters. The standard InChI is InChI=1S/C14H14O5/c1-8-6-4-5-7-9(8)11(15)10-12(16)18-14(2,3)19-13(10)17/h4-7,10H,1-3H3. The summed E-state index contributed by atoms with van der Waals surface area (Å²) in [5.41, 5.74) is 1.01. The number of carbonyl (C=O) groups is 3. The molecule has 0 bridgehead atoms. The maximum atomic E-state index is 12.3. The first-order valence-corrected chi connectivity index (χ1v) is 5.87. The lowest BCUT2D eigenvalue weighted by molar-refractivity contribution is -0.236. The molecule has 1 fully saturated rings. The number of esters is 2. The van der Waals surface area contributed by atoms with E-state index in [2.05, 4.69) is 0 Å². The molecule has 1 aromatic carbocycles. The van der Waals surface area contributed by atoms with E-state index in [1.807, 2.05) is 0 Å². The molecule has 1 aromatic rings. The van der Waals surface area contributed by atoms with E-state index >= 15 is 0 Å². The first-order chi connectivity index (χ1) is 8.82. The summed E-state index contributed by atoms with van der Waals surface area (Å²) in [7, 11) is 0. The van der Waals surface area contributed by atoms with Crippen LogP contribution in [0.4, 0.5) is 0 Å². The number of Topliss-reactive ketones (excluding diaryl/α,β-unsaturated/α-hetero) is 1. The van der Waals surface area contributed by atoms with Gasteiger partial charge in [-0.15, -0.1) is 0 Å². The van der Waals surface area contributed by atoms with Crippen LogP contribution in [0.25, 0.3) is 0 Å². The summed E-state index contributed by atoms with van der Waals surface area (Å²) in [6, 6.07) is 6.74. The molecule has 0 saturated carbocycles. The molecule has 0 aromatic heterocycles. The highest BCUT2D eigenvalue weighted by molar-refractivity contribution is 6.21. The van der Waals surface area contributed by atoms with E-state index in [1.165, 1.54) is 13.8 Å². The molecule has 100 valence electrons. The van der Waals surface area contributed by atoms with Crippen LogP contribution < -0.4 is 0 Å². The van der Waals surface area contributed by atoms with Gasteiger partial charge < -0.3 is 9.47 Å². The zero-order valence-electron chi connectivity index (χ0n) is 10.9. The van der Waals surface area contributed by atoms with Crippen LogP contribution >= 0.6 is 0 Å². The Kier molecular flexibility index (Phi) is 3.14. The fourth-order valence-corrected chi connectivity index (χ4v) is 1.94. The molecule has 0 aliphatic carbocycles. The highest BCUT2D eigenvalue weighted by atomic mass is 16.7. The summed E-state index contributed by atoms with van der Waals surface area (Å²) in [6.45, 7) is 4.62. The predicted octanol–water partition coefficient (Wildman–Crippen LogP) is 1.63. The highest BCUT2D eigenvalue weighted by Gasteiger charge is 2.47. The number of ketones is 1. The molecule has 0 N–H and O–H groups in total. The Morgan fingerprint density at radius 3 is 2.16 bits per heavy atom. The third kappa shape index (κ3) is 2.50. The van der Waals surface area contributed by atoms with Gasteiger partial charge in [0.1, 0.15) is 0 Å². The van der Waals surface area contributed by atoms with Gasteiger partial charge in [-0.3, -0.25) is 14.4 Å². The van der Waals surface area contributed by atoms with Gasteiger partial charge in [-0.05, 0) is 12.5 Å². The van der Waals surface area contributed by atoms with Crippen molar-refractivity contribution in [3.05, 3.63) is 35.4 Å². The van der Waals surface area contributed by atoms with E-state index in [0.717, 1.165) is 0 Å². The molecule has 0 atom stereocenters. The van der Waals surface area contributed by atoms with Crippen LogP contribution in [0.15, 0.2) is 24.3 Å². The van der Waals surface area contributed by atoms with E-state index in [0.29, 0.717) is 11.1 Å². The van der Waals surface area contributed by atoms with Gasteiger partial charge in [0.05, 0.1) is 0 Å². The third-order valence-corrected chi connectivity index (χ3v) is 2.84. The lowest BCUT2D eigenvalue weighted by Gasteiger charge is -2.32. The summed E-state index contributed by atoms with van der Waals surface area (Å²) >= 11 is 0. The summed E-state index contributed by atoms with van der Waals surface area (Å²) in [5, 5.41) is 0. The first-order valence-electron chi connectivity index (χ1n) is 5.87. The van der Waals surface area contributed by atoms with Crippen molar-refractivity contribution >= 4 is 17.7 Å². The molecule has 1 saturated heterocycles. The minimum atomic E-state index is -1.53. The van der Waals surface area contributed by atoms with Gasteiger partial charge in [0.2, 0.25) is 5.92 Å². The average Bonchev–Trinajstić information content (AvgIpc) is 2.26. The number of carbonyl (C=O) groups excluding carboxylic acids is 3. The predicted molar refractivity (Wildman–Crippen MR) is 65.3 cm³/mol. The fourth-order valence-electron chi connectivity index (χ4n) is 1.94. The Morgan fingerprint density at radius 1 is 1.11 bits per heavy atom. The number of hydrogen-bond donors (Lipinski definition) is 0. The molecule has 1 aliphatic rings. The van der Waals surface area contributed by atoms with Crippen molar-refractivity contribution < 1.29 is 23.9 Å². The monoisotopic (exact) mass is 262 g/mol. The smallest absolute Gasteiger partial charge is 0.331 e. The van der Waals surface area contributed by atoms with Gasteiger partial charge in [0, 0.05) is 19.4 Å². The lowest BCUT2D eigenvalue weighted by Crippen LogP contribution is -2.49. The number of aryl methyl sites for hydroxylation is 1. The van der Waals surface area contributed by atoms with E-state index in [4.69, 9.17) is 9.47 Å². The third-order valence-electron chi connectivity index (χ3n) is 2.84. The Hall–Kier alpha value is -2.17. The average molecular weight is 262 g/mol. The topological polar surface area (TPSA) is 69.7 Å². The second kappa shape index (κ2) is 4.50. The number of cyclic esters (lactones) is 2. The molecule has 0 amide bonds. The van der Waals surface area contributed by atoms with Gasteiger partial charge in [-0.25, -0.2) is 0 Å². The summed E-state index contributed by atoms with van der Waals surface area (Å²) in [5.74, 6) is -5.18. The number of ether oxygens (including phenoxy) is 2. The maximum Gasteiger partial charge on any atom is 0.331 e. The summed E-state index contributed by atoms with van der Waals surface area (Å²) in [6.07, 6.45) is 0. The zero-order chi connectivity index (χ0) is 14.2. The van der Waals surface area contributed by atoms with Gasteiger partial charge in [-0.2, -0.15) is 0 Å². The fraction of sp³-hybridized carbons (Fsp3) is 0.357. The highest BCUT2D eigenvalue weighted by Crippen LogP contribution is 2.26. The van der Waals surface area contributed by atoms with Gasteiger partial charge >= 0.3 is 11.9 Å². The zero-order valence-corrected chi connectivity index (χ0v) is 10.9. The van der Waals surface area contributed by atoms with Crippen LogP contribution in [-0.4, -0.2) is 23.5 Å². The quantitative estimate of drug-likeness (QED) is 0.460. The molecule has 5 heteroatoms. The molecule has 1 heterocycles. The van der Waals surface area contributed by atoms with Crippen molar-refractivity contribution in [3.8, 4) is 0 Å². The Morgan fingerprint density at radius 2 is 1.63 bits per heavy atom. The van der Waals surface area contributed by atoms with Crippen molar-refractivity contribution in [2.75, 3.05) is 0 Å². The van der Waals surface area contributed by atoms with E-state index < -0.39 is 29.4 Å². The maximum absolute atomic E-state index is 12.3. The van der Waals surface area contributed by atoms with Gasteiger partial charge in [0.15, 0.2) is 5.78 Å². The van der Waals surface area contributed by atoms with Gasteiger partial charge in [-0.1, -0.05) is 24.3 Å². The van der Waals surface area contributed by atoms with Crippen molar-refractivity contribution in [2.45, 2.75) is 26.6 Å². The number of benzene rings is 1. The first kappa shape index (κ1) is 13.3. The summed E-state index contributed by atoms with van der Waals surface area (Å²) in [4.78, 5) is 35.9. The van der Waals surface area contributed by atoms with Gasteiger partial charge in [0.25, 0.3) is 5.79 Å². The van der Waals surface area contributed by atoms with Crippen LogP contribution in [-0.2, 0) is 19.1 Å². The van der Waals surface area contributed by atoms with Crippen LogP contribution in [0.3, 0.4) is 0 Å².